The first-order chi connectivity index (χ1) is 8.66. The van der Waals surface area contributed by atoms with Crippen molar-refractivity contribution in [1.82, 2.24) is 5.32 Å². The fourth-order valence-corrected chi connectivity index (χ4v) is 1.63. The summed E-state index contributed by atoms with van der Waals surface area (Å²) in [6, 6.07) is 3.91. The molecule has 1 aromatic carbocycles. The average molecular weight is 253 g/mol. The monoisotopic (exact) mass is 253 g/mol. The molecule has 1 atom stereocenters. The van der Waals surface area contributed by atoms with Gasteiger partial charge < -0.3 is 25.0 Å². The Kier molecular flexibility index (Phi) is 4.01. The highest BCUT2D eigenvalue weighted by Gasteiger charge is 2.16. The van der Waals surface area contributed by atoms with Crippen LogP contribution in [0.15, 0.2) is 18.2 Å². The molecule has 0 aromatic heterocycles. The number of benzene rings is 1. The Hall–Kier alpha value is -1.79. The third-order valence-corrected chi connectivity index (χ3v) is 2.61. The van der Waals surface area contributed by atoms with Crippen molar-refractivity contribution in [2.24, 2.45) is 0 Å². The van der Waals surface area contributed by atoms with Gasteiger partial charge in [-0.1, -0.05) is 0 Å². The van der Waals surface area contributed by atoms with Crippen LogP contribution < -0.4 is 5.32 Å². The minimum Gasteiger partial charge on any atom is -0.504 e. The summed E-state index contributed by atoms with van der Waals surface area (Å²) in [5.74, 6) is -0.907. The predicted octanol–water partition coefficient (Wildman–Crippen LogP) is 0.243. The third-order valence-electron chi connectivity index (χ3n) is 2.61. The summed E-state index contributed by atoms with van der Waals surface area (Å²) in [6.45, 7) is 1.92. The summed E-state index contributed by atoms with van der Waals surface area (Å²) >= 11 is 0. The zero-order valence-corrected chi connectivity index (χ0v) is 9.76. The van der Waals surface area contributed by atoms with E-state index >= 15 is 0 Å². The summed E-state index contributed by atoms with van der Waals surface area (Å²) in [5.41, 5.74) is 0.280. The molecule has 3 N–H and O–H groups in total. The summed E-state index contributed by atoms with van der Waals surface area (Å²) < 4.78 is 10.6. The molecule has 0 radical (unpaired) electrons. The number of hydrogen-bond acceptors (Lipinski definition) is 5. The van der Waals surface area contributed by atoms with Gasteiger partial charge in [0.25, 0.3) is 5.91 Å². The number of aromatic hydroxyl groups is 2. The van der Waals surface area contributed by atoms with Gasteiger partial charge >= 0.3 is 0 Å². The zero-order valence-electron chi connectivity index (χ0n) is 9.76. The van der Waals surface area contributed by atoms with Crippen LogP contribution in [0.25, 0.3) is 0 Å². The van der Waals surface area contributed by atoms with E-state index in [0.29, 0.717) is 26.4 Å². The SMILES string of the molecule is O=C(NCC1COCCO1)c1ccc(O)c(O)c1. The number of carbonyl (C=O) groups is 1. The molecule has 0 aliphatic carbocycles. The Morgan fingerprint density at radius 3 is 2.83 bits per heavy atom. The smallest absolute Gasteiger partial charge is 0.251 e. The second kappa shape index (κ2) is 5.70. The van der Waals surface area contributed by atoms with E-state index < -0.39 is 0 Å². The topological polar surface area (TPSA) is 88.0 Å². The van der Waals surface area contributed by atoms with Gasteiger partial charge in [-0.05, 0) is 18.2 Å². The fourth-order valence-electron chi connectivity index (χ4n) is 1.63. The molecule has 1 amide bonds. The van der Waals surface area contributed by atoms with Crippen LogP contribution in [0.5, 0.6) is 11.5 Å². The lowest BCUT2D eigenvalue weighted by Gasteiger charge is -2.23. The van der Waals surface area contributed by atoms with Gasteiger partial charge in [0.15, 0.2) is 11.5 Å². The molecule has 6 heteroatoms. The molecule has 1 aromatic rings. The lowest BCUT2D eigenvalue weighted by atomic mass is 10.2. The van der Waals surface area contributed by atoms with E-state index in [1.54, 1.807) is 0 Å². The van der Waals surface area contributed by atoms with Crippen molar-refractivity contribution in [1.29, 1.82) is 0 Å². The lowest BCUT2D eigenvalue weighted by molar-refractivity contribution is -0.0855. The normalized spacial score (nSPS) is 19.4. The Labute approximate surface area is 104 Å². The van der Waals surface area contributed by atoms with Crippen LogP contribution in [0.1, 0.15) is 10.4 Å². The third kappa shape index (κ3) is 3.12. The molecular formula is C12H15NO5. The van der Waals surface area contributed by atoms with E-state index in [4.69, 9.17) is 14.6 Å². The number of phenols is 2. The number of ether oxygens (including phenoxy) is 2. The molecule has 0 bridgehead atoms. The molecule has 6 nitrogen and oxygen atoms in total. The van der Waals surface area contributed by atoms with E-state index in [0.717, 1.165) is 0 Å². The van der Waals surface area contributed by atoms with Gasteiger partial charge in [0.2, 0.25) is 0 Å². The lowest BCUT2D eigenvalue weighted by Crippen LogP contribution is -2.39. The quantitative estimate of drug-likeness (QED) is 0.672. The van der Waals surface area contributed by atoms with Crippen LogP contribution in [0.3, 0.4) is 0 Å². The van der Waals surface area contributed by atoms with Crippen LogP contribution in [0.4, 0.5) is 0 Å². The molecular weight excluding hydrogens is 238 g/mol. The number of carbonyl (C=O) groups excluding carboxylic acids is 1. The highest BCUT2D eigenvalue weighted by molar-refractivity contribution is 5.94. The maximum atomic E-state index is 11.8. The summed E-state index contributed by atoms with van der Waals surface area (Å²) in [6.07, 6.45) is -0.145. The molecule has 1 saturated heterocycles. The molecule has 18 heavy (non-hydrogen) atoms. The number of rotatable bonds is 3. The van der Waals surface area contributed by atoms with Gasteiger partial charge in [-0.15, -0.1) is 0 Å². The second-order valence-corrected chi connectivity index (χ2v) is 3.98. The Morgan fingerprint density at radius 2 is 2.17 bits per heavy atom. The molecule has 0 spiro atoms. The van der Waals surface area contributed by atoms with Crippen LogP contribution in [0.2, 0.25) is 0 Å². The van der Waals surface area contributed by atoms with Gasteiger partial charge in [0, 0.05) is 12.1 Å². The Morgan fingerprint density at radius 1 is 1.33 bits per heavy atom. The summed E-state index contributed by atoms with van der Waals surface area (Å²) in [4.78, 5) is 11.8. The van der Waals surface area contributed by atoms with Gasteiger partial charge in [-0.2, -0.15) is 0 Å². The largest absolute Gasteiger partial charge is 0.504 e. The first kappa shape index (κ1) is 12.7. The fraction of sp³-hybridized carbons (Fsp3) is 0.417. The average Bonchev–Trinajstić information content (AvgIpc) is 2.40. The minimum atomic E-state index is -0.334. The van der Waals surface area contributed by atoms with Crippen molar-refractivity contribution < 1.29 is 24.5 Å². The molecule has 1 fully saturated rings. The highest BCUT2D eigenvalue weighted by atomic mass is 16.6. The van der Waals surface area contributed by atoms with E-state index in [1.165, 1.54) is 18.2 Å². The highest BCUT2D eigenvalue weighted by Crippen LogP contribution is 2.24. The molecule has 1 unspecified atom stereocenters. The van der Waals surface area contributed by atoms with Crippen molar-refractivity contribution in [3.63, 3.8) is 0 Å². The van der Waals surface area contributed by atoms with E-state index in [2.05, 4.69) is 5.32 Å². The van der Waals surface area contributed by atoms with Crippen molar-refractivity contribution in [3.05, 3.63) is 23.8 Å². The summed E-state index contributed by atoms with van der Waals surface area (Å²) in [5, 5.41) is 21.1. The van der Waals surface area contributed by atoms with Gasteiger partial charge in [0.05, 0.1) is 25.9 Å². The van der Waals surface area contributed by atoms with Crippen molar-refractivity contribution in [3.8, 4) is 11.5 Å². The number of amides is 1. The molecule has 2 rings (SSSR count). The van der Waals surface area contributed by atoms with Crippen LogP contribution in [0, 0.1) is 0 Å². The molecule has 1 aliphatic rings. The first-order valence-corrected chi connectivity index (χ1v) is 5.66. The van der Waals surface area contributed by atoms with E-state index in [-0.39, 0.29) is 29.1 Å². The minimum absolute atomic E-state index is 0.145. The molecule has 1 heterocycles. The zero-order chi connectivity index (χ0) is 13.0. The van der Waals surface area contributed by atoms with E-state index in [9.17, 15) is 9.90 Å². The molecule has 98 valence electrons. The van der Waals surface area contributed by atoms with Crippen molar-refractivity contribution >= 4 is 5.91 Å². The second-order valence-electron chi connectivity index (χ2n) is 3.98. The molecule has 0 saturated carbocycles. The standard InChI is InChI=1S/C12H15NO5/c14-10-2-1-8(5-11(10)15)12(16)13-6-9-7-17-3-4-18-9/h1-2,5,9,14-15H,3-4,6-7H2,(H,13,16). The Bertz CT molecular complexity index is 428. The van der Waals surface area contributed by atoms with Gasteiger partial charge in [-0.25, -0.2) is 0 Å². The number of hydrogen-bond donors (Lipinski definition) is 3. The summed E-state index contributed by atoms with van der Waals surface area (Å²) in [7, 11) is 0. The number of nitrogens with one attached hydrogen (secondary N) is 1. The first-order valence-electron chi connectivity index (χ1n) is 5.66. The van der Waals surface area contributed by atoms with Crippen molar-refractivity contribution in [2.45, 2.75) is 6.10 Å². The van der Waals surface area contributed by atoms with Crippen LogP contribution in [-0.4, -0.2) is 48.6 Å². The van der Waals surface area contributed by atoms with Crippen LogP contribution in [-0.2, 0) is 9.47 Å². The predicted molar refractivity (Wildman–Crippen MR) is 62.7 cm³/mol. The van der Waals surface area contributed by atoms with Gasteiger partial charge in [0.1, 0.15) is 0 Å². The maximum Gasteiger partial charge on any atom is 0.251 e. The number of phenolic OH excluding ortho intramolecular Hbond substituents is 2. The van der Waals surface area contributed by atoms with Gasteiger partial charge in [-0.3, -0.25) is 4.79 Å². The van der Waals surface area contributed by atoms with Crippen molar-refractivity contribution in [2.75, 3.05) is 26.4 Å². The maximum absolute atomic E-state index is 11.8. The Balaban J connectivity index is 1.88. The molecule has 1 aliphatic heterocycles. The van der Waals surface area contributed by atoms with Crippen LogP contribution >= 0.6 is 0 Å². The van der Waals surface area contributed by atoms with E-state index in [1.807, 2.05) is 0 Å².